The summed E-state index contributed by atoms with van der Waals surface area (Å²) < 4.78 is 5.12. The van der Waals surface area contributed by atoms with E-state index in [-0.39, 0.29) is 0 Å². The summed E-state index contributed by atoms with van der Waals surface area (Å²) in [6, 6.07) is 17.2. The number of anilines is 1. The summed E-state index contributed by atoms with van der Waals surface area (Å²) in [5.74, 6) is 0.0101. The highest BCUT2D eigenvalue weighted by atomic mass is 16.5. The number of H-pyrrole nitrogens is 1. The maximum Gasteiger partial charge on any atom is 0.343 e. The molecule has 2 aromatic carbocycles. The molecule has 0 aliphatic carbocycles. The van der Waals surface area contributed by atoms with Crippen molar-refractivity contribution in [2.45, 2.75) is 6.92 Å². The van der Waals surface area contributed by atoms with Crippen molar-refractivity contribution in [3.05, 3.63) is 66.6 Å². The van der Waals surface area contributed by atoms with Crippen LogP contribution in [0.15, 0.2) is 60.8 Å². The van der Waals surface area contributed by atoms with Gasteiger partial charge >= 0.3 is 5.97 Å². The third-order valence-corrected chi connectivity index (χ3v) is 3.35. The standard InChI is InChI=1S/C18H18N4O2/c1-2-24-18(23)14(12-19-22-13-8-4-3-5-9-13)17-20-15-10-6-7-11-16(15)21-17/h3-12,19,22H,2H2,1H3,(H,20,21)/b14-12-. The van der Waals surface area contributed by atoms with Crippen LogP contribution in [0.2, 0.25) is 0 Å². The van der Waals surface area contributed by atoms with E-state index >= 15 is 0 Å². The summed E-state index contributed by atoms with van der Waals surface area (Å²) in [4.78, 5) is 19.8. The number of para-hydroxylation sites is 3. The quantitative estimate of drug-likeness (QED) is 0.369. The molecule has 0 spiro atoms. The number of aromatic nitrogens is 2. The maximum atomic E-state index is 12.2. The summed E-state index contributed by atoms with van der Waals surface area (Å²) in [5, 5.41) is 0. The Balaban J connectivity index is 1.85. The molecule has 6 heteroatoms. The van der Waals surface area contributed by atoms with Crippen LogP contribution < -0.4 is 10.9 Å². The number of fused-ring (bicyclic) bond motifs is 1. The highest BCUT2D eigenvalue weighted by molar-refractivity contribution is 6.15. The Hall–Kier alpha value is -3.28. The van der Waals surface area contributed by atoms with Gasteiger partial charge in [0.1, 0.15) is 11.4 Å². The first-order valence-corrected chi connectivity index (χ1v) is 7.67. The van der Waals surface area contributed by atoms with Gasteiger partial charge < -0.3 is 20.6 Å². The SMILES string of the molecule is CCOC(=O)/C(=C\NNc1ccccc1)c1nc2ccccc2[nH]1. The third-order valence-electron chi connectivity index (χ3n) is 3.35. The molecule has 122 valence electrons. The van der Waals surface area contributed by atoms with Gasteiger partial charge in [-0.3, -0.25) is 0 Å². The molecule has 6 nitrogen and oxygen atoms in total. The molecular weight excluding hydrogens is 304 g/mol. The van der Waals surface area contributed by atoms with Crippen molar-refractivity contribution >= 4 is 28.3 Å². The second-order valence-electron chi connectivity index (χ2n) is 5.02. The molecule has 1 aromatic heterocycles. The number of benzene rings is 2. The van der Waals surface area contributed by atoms with Crippen molar-refractivity contribution in [1.82, 2.24) is 15.4 Å². The Labute approximate surface area is 139 Å². The van der Waals surface area contributed by atoms with Crippen molar-refractivity contribution < 1.29 is 9.53 Å². The van der Waals surface area contributed by atoms with E-state index in [1.54, 1.807) is 13.1 Å². The number of carbonyl (C=O) groups is 1. The van der Waals surface area contributed by atoms with E-state index in [9.17, 15) is 4.79 Å². The van der Waals surface area contributed by atoms with E-state index in [0.29, 0.717) is 18.0 Å². The number of aromatic amines is 1. The van der Waals surface area contributed by atoms with Crippen LogP contribution in [-0.4, -0.2) is 22.5 Å². The number of hydrogen-bond acceptors (Lipinski definition) is 5. The van der Waals surface area contributed by atoms with Crippen LogP contribution in [0, 0.1) is 0 Å². The number of nitrogens with zero attached hydrogens (tertiary/aromatic N) is 1. The van der Waals surface area contributed by atoms with Gasteiger partial charge in [0.05, 0.1) is 23.3 Å². The molecule has 0 saturated carbocycles. The second kappa shape index (κ2) is 7.32. The molecule has 3 N–H and O–H groups in total. The zero-order valence-corrected chi connectivity index (χ0v) is 13.2. The lowest BCUT2D eigenvalue weighted by molar-refractivity contribution is -0.136. The third kappa shape index (κ3) is 3.55. The highest BCUT2D eigenvalue weighted by Gasteiger charge is 2.17. The Kier molecular flexibility index (Phi) is 4.76. The molecule has 0 bridgehead atoms. The van der Waals surface area contributed by atoms with Gasteiger partial charge in [-0.15, -0.1) is 0 Å². The molecule has 0 saturated heterocycles. The van der Waals surface area contributed by atoms with Crippen molar-refractivity contribution in [2.24, 2.45) is 0 Å². The van der Waals surface area contributed by atoms with Crippen LogP contribution in [0.3, 0.4) is 0 Å². The van der Waals surface area contributed by atoms with E-state index in [0.717, 1.165) is 16.7 Å². The van der Waals surface area contributed by atoms with Crippen LogP contribution in [0.4, 0.5) is 5.69 Å². The lowest BCUT2D eigenvalue weighted by Gasteiger charge is -2.08. The fraction of sp³-hybridized carbons (Fsp3) is 0.111. The lowest BCUT2D eigenvalue weighted by Crippen LogP contribution is -2.18. The number of carbonyl (C=O) groups excluding carboxylic acids is 1. The first-order valence-electron chi connectivity index (χ1n) is 7.67. The average Bonchev–Trinajstić information content (AvgIpc) is 3.03. The molecule has 3 aromatic rings. The molecule has 0 atom stereocenters. The van der Waals surface area contributed by atoms with Gasteiger partial charge in [-0.2, -0.15) is 0 Å². The average molecular weight is 322 g/mol. The molecular formula is C18H18N4O2. The van der Waals surface area contributed by atoms with Crippen molar-refractivity contribution in [3.63, 3.8) is 0 Å². The Morgan fingerprint density at radius 3 is 2.67 bits per heavy atom. The van der Waals surface area contributed by atoms with Gasteiger partial charge in [0, 0.05) is 6.20 Å². The van der Waals surface area contributed by atoms with Crippen molar-refractivity contribution in [1.29, 1.82) is 0 Å². The second-order valence-corrected chi connectivity index (χ2v) is 5.02. The number of hydrazine groups is 1. The summed E-state index contributed by atoms with van der Waals surface area (Å²) in [6.07, 6.45) is 1.54. The van der Waals surface area contributed by atoms with Crippen LogP contribution in [0.5, 0.6) is 0 Å². The van der Waals surface area contributed by atoms with Gasteiger partial charge in [-0.25, -0.2) is 9.78 Å². The van der Waals surface area contributed by atoms with E-state index in [2.05, 4.69) is 20.8 Å². The van der Waals surface area contributed by atoms with E-state index in [1.165, 1.54) is 0 Å². The van der Waals surface area contributed by atoms with Gasteiger partial charge in [0.25, 0.3) is 0 Å². The minimum Gasteiger partial charge on any atom is -0.462 e. The Morgan fingerprint density at radius 2 is 1.92 bits per heavy atom. The van der Waals surface area contributed by atoms with Crippen molar-refractivity contribution in [3.8, 4) is 0 Å². The number of nitrogens with one attached hydrogen (secondary N) is 3. The van der Waals surface area contributed by atoms with Crippen LogP contribution >= 0.6 is 0 Å². The molecule has 1 heterocycles. The monoisotopic (exact) mass is 322 g/mol. The normalized spacial score (nSPS) is 11.3. The molecule has 0 amide bonds. The minimum absolute atomic E-state index is 0.294. The number of hydrogen-bond donors (Lipinski definition) is 3. The highest BCUT2D eigenvalue weighted by Crippen LogP contribution is 2.17. The first-order chi connectivity index (χ1) is 11.8. The molecule has 0 aliphatic rings. The zero-order chi connectivity index (χ0) is 16.8. The first kappa shape index (κ1) is 15.6. The van der Waals surface area contributed by atoms with Crippen LogP contribution in [0.25, 0.3) is 16.6 Å². The minimum atomic E-state index is -0.445. The van der Waals surface area contributed by atoms with Gasteiger partial charge in [0.15, 0.2) is 0 Å². The summed E-state index contributed by atoms with van der Waals surface area (Å²) in [5.41, 5.74) is 8.75. The largest absolute Gasteiger partial charge is 0.462 e. The summed E-state index contributed by atoms with van der Waals surface area (Å²) in [6.45, 7) is 2.06. The van der Waals surface area contributed by atoms with E-state index in [1.807, 2.05) is 54.6 Å². The molecule has 0 aliphatic heterocycles. The number of rotatable bonds is 6. The molecule has 24 heavy (non-hydrogen) atoms. The zero-order valence-electron chi connectivity index (χ0n) is 13.2. The topological polar surface area (TPSA) is 79.0 Å². The van der Waals surface area contributed by atoms with Gasteiger partial charge in [-0.05, 0) is 31.2 Å². The number of esters is 1. The smallest absolute Gasteiger partial charge is 0.343 e. The molecule has 3 rings (SSSR count). The van der Waals surface area contributed by atoms with Gasteiger partial charge in [0.2, 0.25) is 0 Å². The van der Waals surface area contributed by atoms with Crippen LogP contribution in [0.1, 0.15) is 12.7 Å². The fourth-order valence-corrected chi connectivity index (χ4v) is 2.23. The summed E-state index contributed by atoms with van der Waals surface area (Å²) in [7, 11) is 0. The predicted molar refractivity (Wildman–Crippen MR) is 93.9 cm³/mol. The molecule has 0 fully saturated rings. The number of imidazole rings is 1. The molecule has 0 radical (unpaired) electrons. The summed E-state index contributed by atoms with van der Waals surface area (Å²) >= 11 is 0. The van der Waals surface area contributed by atoms with Crippen LogP contribution in [-0.2, 0) is 9.53 Å². The van der Waals surface area contributed by atoms with Gasteiger partial charge in [-0.1, -0.05) is 30.3 Å². The Bertz CT molecular complexity index is 823. The lowest BCUT2D eigenvalue weighted by atomic mass is 10.3. The maximum absolute atomic E-state index is 12.2. The number of ether oxygens (including phenoxy) is 1. The van der Waals surface area contributed by atoms with E-state index < -0.39 is 5.97 Å². The fourth-order valence-electron chi connectivity index (χ4n) is 2.23. The molecule has 0 unspecified atom stereocenters. The predicted octanol–water partition coefficient (Wildman–Crippen LogP) is 3.08. The van der Waals surface area contributed by atoms with Crippen molar-refractivity contribution in [2.75, 3.05) is 12.0 Å². The Morgan fingerprint density at radius 1 is 1.17 bits per heavy atom. The van der Waals surface area contributed by atoms with E-state index in [4.69, 9.17) is 4.74 Å².